The van der Waals surface area contributed by atoms with Crippen LogP contribution in [-0.4, -0.2) is 58.2 Å². The first-order valence-electron chi connectivity index (χ1n) is 14.3. The number of rotatable bonds is 7. The van der Waals surface area contributed by atoms with E-state index in [2.05, 4.69) is 61.7 Å². The number of hydrogen-bond donors (Lipinski definition) is 1. The molecule has 7 rings (SSSR count). The van der Waals surface area contributed by atoms with Crippen molar-refractivity contribution in [2.24, 2.45) is 7.05 Å². The second-order valence-electron chi connectivity index (χ2n) is 11.0. The molecular formula is C32H31N9OS. The number of carbonyl (C=O) groups excluding carboxylic acids is 1. The molecule has 43 heavy (non-hydrogen) atoms. The van der Waals surface area contributed by atoms with E-state index in [0.717, 1.165) is 60.7 Å². The quantitative estimate of drug-likeness (QED) is 0.259. The van der Waals surface area contributed by atoms with Crippen molar-refractivity contribution in [3.8, 4) is 22.5 Å². The van der Waals surface area contributed by atoms with Gasteiger partial charge in [-0.15, -0.1) is 11.3 Å². The third kappa shape index (κ3) is 5.56. The van der Waals surface area contributed by atoms with Crippen molar-refractivity contribution >= 4 is 28.7 Å². The Labute approximate surface area is 253 Å². The van der Waals surface area contributed by atoms with Crippen molar-refractivity contribution < 1.29 is 4.79 Å². The summed E-state index contributed by atoms with van der Waals surface area (Å²) >= 11 is 1.65. The Hall–Kier alpha value is -4.74. The van der Waals surface area contributed by atoms with Gasteiger partial charge in [-0.1, -0.05) is 29.8 Å². The van der Waals surface area contributed by atoms with Gasteiger partial charge in [0.15, 0.2) is 11.5 Å². The van der Waals surface area contributed by atoms with E-state index in [4.69, 9.17) is 10.2 Å². The summed E-state index contributed by atoms with van der Waals surface area (Å²) in [4.78, 5) is 28.2. The number of aryl methyl sites for hydroxylation is 2. The number of nitrogens with zero attached hydrogens (tertiary/aromatic N) is 8. The van der Waals surface area contributed by atoms with Crippen LogP contribution in [0.1, 0.15) is 46.1 Å². The standard InChI is InChI=1S/C32H31N9OS/c1-21-3-5-22(6-4-21)30-29(31(39(2)38-30)23-11-15-40(16-12-23)17-25-19-43-20-34-25)26-7-8-28-35-27(18-41(28)37-26)36-32(42)24-9-13-33-14-10-24/h3-10,13-14,18-20,23H,11-12,15-17H2,1-2H3,(H,36,42). The van der Waals surface area contributed by atoms with E-state index in [0.29, 0.717) is 22.9 Å². The third-order valence-electron chi connectivity index (χ3n) is 8.02. The van der Waals surface area contributed by atoms with Crippen LogP contribution in [0.25, 0.3) is 28.2 Å². The number of amides is 1. The summed E-state index contributed by atoms with van der Waals surface area (Å²) in [6.07, 6.45) is 6.99. The fourth-order valence-corrected chi connectivity index (χ4v) is 6.40. The number of piperidine rings is 1. The van der Waals surface area contributed by atoms with Crippen molar-refractivity contribution in [1.29, 1.82) is 0 Å². The van der Waals surface area contributed by atoms with Gasteiger partial charge >= 0.3 is 0 Å². The number of nitrogens with one attached hydrogen (secondary N) is 1. The molecule has 0 saturated carbocycles. The molecule has 6 heterocycles. The summed E-state index contributed by atoms with van der Waals surface area (Å²) in [5.74, 6) is 0.529. The highest BCUT2D eigenvalue weighted by molar-refractivity contribution is 7.07. The molecule has 0 spiro atoms. The molecule has 1 saturated heterocycles. The Bertz CT molecular complexity index is 1870. The highest BCUT2D eigenvalue weighted by Crippen LogP contribution is 2.40. The lowest BCUT2D eigenvalue weighted by Gasteiger charge is -2.32. The zero-order chi connectivity index (χ0) is 29.3. The predicted molar refractivity (Wildman–Crippen MR) is 167 cm³/mol. The zero-order valence-electron chi connectivity index (χ0n) is 24.0. The fraction of sp³-hybridized carbons (Fsp3) is 0.250. The molecule has 0 atom stereocenters. The monoisotopic (exact) mass is 589 g/mol. The number of fused-ring (bicyclic) bond motifs is 1. The Morgan fingerprint density at radius 2 is 1.81 bits per heavy atom. The maximum atomic E-state index is 12.7. The number of likely N-dealkylation sites (tertiary alicyclic amines) is 1. The highest BCUT2D eigenvalue weighted by Gasteiger charge is 2.30. The van der Waals surface area contributed by atoms with Crippen LogP contribution in [0.5, 0.6) is 0 Å². The number of aromatic nitrogens is 7. The topological polar surface area (TPSA) is 106 Å². The Kier molecular flexibility index (Phi) is 7.25. The number of imidazole rings is 1. The van der Waals surface area contributed by atoms with Gasteiger partial charge in [-0.2, -0.15) is 10.2 Å². The van der Waals surface area contributed by atoms with Gasteiger partial charge in [0.1, 0.15) is 5.69 Å². The van der Waals surface area contributed by atoms with Crippen LogP contribution < -0.4 is 5.32 Å². The summed E-state index contributed by atoms with van der Waals surface area (Å²) in [6, 6.07) is 15.8. The number of anilines is 1. The minimum absolute atomic E-state index is 0.247. The Balaban J connectivity index is 1.23. The molecule has 0 aliphatic carbocycles. The largest absolute Gasteiger partial charge is 0.305 e. The number of benzene rings is 1. The van der Waals surface area contributed by atoms with Gasteiger partial charge in [0.2, 0.25) is 0 Å². The molecule has 1 fully saturated rings. The summed E-state index contributed by atoms with van der Waals surface area (Å²) in [6.45, 7) is 4.98. The average molecular weight is 590 g/mol. The van der Waals surface area contributed by atoms with Gasteiger partial charge in [-0.25, -0.2) is 14.5 Å². The first kappa shape index (κ1) is 27.1. The van der Waals surface area contributed by atoms with Crippen LogP contribution in [0.2, 0.25) is 0 Å². The van der Waals surface area contributed by atoms with Crippen molar-refractivity contribution in [3.63, 3.8) is 0 Å². The summed E-state index contributed by atoms with van der Waals surface area (Å²) in [7, 11) is 2.04. The molecular weight excluding hydrogens is 558 g/mol. The van der Waals surface area contributed by atoms with Crippen molar-refractivity contribution in [1.82, 2.24) is 39.2 Å². The minimum Gasteiger partial charge on any atom is -0.305 e. The molecule has 10 nitrogen and oxygen atoms in total. The molecule has 1 aliphatic heterocycles. The molecule has 11 heteroatoms. The minimum atomic E-state index is -0.247. The van der Waals surface area contributed by atoms with Gasteiger partial charge in [-0.05, 0) is 57.1 Å². The second kappa shape index (κ2) is 11.5. The van der Waals surface area contributed by atoms with Crippen molar-refractivity contribution in [2.75, 3.05) is 18.4 Å². The number of carbonyl (C=O) groups is 1. The Morgan fingerprint density at radius 3 is 2.56 bits per heavy atom. The lowest BCUT2D eigenvalue weighted by atomic mass is 9.88. The molecule has 1 N–H and O–H groups in total. The second-order valence-corrected chi connectivity index (χ2v) is 11.7. The smallest absolute Gasteiger partial charge is 0.256 e. The normalized spacial score (nSPS) is 14.4. The maximum Gasteiger partial charge on any atom is 0.256 e. The zero-order valence-corrected chi connectivity index (χ0v) is 24.8. The van der Waals surface area contributed by atoms with Crippen LogP contribution >= 0.6 is 11.3 Å². The van der Waals surface area contributed by atoms with E-state index in [-0.39, 0.29) is 5.91 Å². The molecule has 0 radical (unpaired) electrons. The van der Waals surface area contributed by atoms with Gasteiger partial charge in [0, 0.05) is 48.4 Å². The molecule has 0 bridgehead atoms. The van der Waals surface area contributed by atoms with Crippen LogP contribution in [0.3, 0.4) is 0 Å². The van der Waals surface area contributed by atoms with Crippen LogP contribution in [0.4, 0.5) is 5.82 Å². The number of thiazole rings is 1. The lowest BCUT2D eigenvalue weighted by molar-refractivity contribution is 0.102. The lowest BCUT2D eigenvalue weighted by Crippen LogP contribution is -2.33. The predicted octanol–water partition coefficient (Wildman–Crippen LogP) is 5.59. The van der Waals surface area contributed by atoms with E-state index in [1.54, 1.807) is 46.6 Å². The van der Waals surface area contributed by atoms with Gasteiger partial charge in [0.05, 0.1) is 34.4 Å². The molecule has 1 aliphatic rings. The number of hydrogen-bond acceptors (Lipinski definition) is 8. The van der Waals surface area contributed by atoms with E-state index in [1.165, 1.54) is 11.3 Å². The van der Waals surface area contributed by atoms with E-state index in [1.807, 2.05) is 29.4 Å². The number of pyridine rings is 1. The first-order valence-corrected chi connectivity index (χ1v) is 15.3. The summed E-state index contributed by atoms with van der Waals surface area (Å²) in [5, 5.41) is 15.1. The maximum absolute atomic E-state index is 12.7. The SMILES string of the molecule is Cc1ccc(-c2nn(C)c(C3CCN(Cc4cscn4)CC3)c2-c2ccc3nc(NC(=O)c4ccncc4)cn3n2)cc1. The molecule has 6 aromatic rings. The van der Waals surface area contributed by atoms with Crippen molar-refractivity contribution in [2.45, 2.75) is 32.2 Å². The third-order valence-corrected chi connectivity index (χ3v) is 8.66. The van der Waals surface area contributed by atoms with Crippen LogP contribution in [0, 0.1) is 6.92 Å². The first-order chi connectivity index (χ1) is 21.0. The van der Waals surface area contributed by atoms with Gasteiger partial charge < -0.3 is 5.32 Å². The molecule has 1 aromatic carbocycles. The summed E-state index contributed by atoms with van der Waals surface area (Å²) in [5.41, 5.74) is 10.4. The van der Waals surface area contributed by atoms with Crippen LogP contribution in [-0.2, 0) is 13.6 Å². The van der Waals surface area contributed by atoms with Gasteiger partial charge in [-0.3, -0.25) is 19.4 Å². The highest BCUT2D eigenvalue weighted by atomic mass is 32.1. The molecule has 1 amide bonds. The molecule has 216 valence electrons. The van der Waals surface area contributed by atoms with E-state index >= 15 is 0 Å². The van der Waals surface area contributed by atoms with Crippen molar-refractivity contribution in [3.05, 3.63) is 101 Å². The molecule has 0 unspecified atom stereocenters. The van der Waals surface area contributed by atoms with Crippen LogP contribution in [0.15, 0.2) is 78.0 Å². The van der Waals surface area contributed by atoms with E-state index < -0.39 is 0 Å². The van der Waals surface area contributed by atoms with E-state index in [9.17, 15) is 4.79 Å². The summed E-state index contributed by atoms with van der Waals surface area (Å²) < 4.78 is 3.77. The molecule has 5 aromatic heterocycles. The fourth-order valence-electron chi connectivity index (χ4n) is 5.85. The average Bonchev–Trinajstić information content (AvgIpc) is 3.77. The van der Waals surface area contributed by atoms with Gasteiger partial charge in [0.25, 0.3) is 5.91 Å². The Morgan fingerprint density at radius 1 is 1.02 bits per heavy atom.